The Kier molecular flexibility index (Phi) is 2.93. The Balaban J connectivity index is 2.48. The molecule has 2 nitrogen and oxygen atoms in total. The van der Waals surface area contributed by atoms with Crippen LogP contribution < -0.4 is 0 Å². The smallest absolute Gasteiger partial charge is 0.121 e. The molecule has 0 aromatic heterocycles. The minimum Gasteiger partial charge on any atom is -0.508 e. The highest BCUT2D eigenvalue weighted by Crippen LogP contribution is 2.29. The third kappa shape index (κ3) is 2.07. The lowest BCUT2D eigenvalue weighted by Crippen LogP contribution is -1.92. The molecule has 0 aliphatic carbocycles. The lowest BCUT2D eigenvalue weighted by atomic mass is 10.0. The molecule has 2 aromatic rings. The number of hydrogen-bond donors (Lipinski definition) is 2. The molecule has 0 bridgehead atoms. The number of rotatable bonds is 2. The fourth-order valence-corrected chi connectivity index (χ4v) is 1.70. The zero-order valence-electron chi connectivity index (χ0n) is 9.09. The molecule has 1 unspecified atom stereocenters. The van der Waals surface area contributed by atoms with Crippen LogP contribution in [0.15, 0.2) is 48.5 Å². The van der Waals surface area contributed by atoms with Crippen molar-refractivity contribution >= 4 is 0 Å². The molecule has 1 atom stereocenters. The van der Waals surface area contributed by atoms with Crippen LogP contribution in [0.3, 0.4) is 0 Å². The van der Waals surface area contributed by atoms with E-state index in [0.29, 0.717) is 5.56 Å². The molecule has 0 amide bonds. The van der Waals surface area contributed by atoms with Crippen LogP contribution >= 0.6 is 0 Å². The van der Waals surface area contributed by atoms with Gasteiger partial charge in [0, 0.05) is 5.56 Å². The molecule has 0 heterocycles. The van der Waals surface area contributed by atoms with Crippen molar-refractivity contribution in [2.75, 3.05) is 0 Å². The summed E-state index contributed by atoms with van der Waals surface area (Å²) in [5, 5.41) is 19.1. The summed E-state index contributed by atoms with van der Waals surface area (Å²) in [5.41, 5.74) is 2.63. The summed E-state index contributed by atoms with van der Waals surface area (Å²) < 4.78 is 0. The largest absolute Gasteiger partial charge is 0.508 e. The molecule has 0 fully saturated rings. The molecule has 2 aromatic carbocycles. The summed E-state index contributed by atoms with van der Waals surface area (Å²) in [6, 6.07) is 15.2. The fraction of sp³-hybridized carbons (Fsp3) is 0.143. The van der Waals surface area contributed by atoms with Gasteiger partial charge in [-0.25, -0.2) is 0 Å². The lowest BCUT2D eigenvalue weighted by Gasteiger charge is -2.10. The molecule has 2 rings (SSSR count). The standard InChI is InChI=1S/C14H14O2/c1-10(15)13-9-12(7-8-14(13)16)11-5-3-2-4-6-11/h2-10,15-16H,1H3. The van der Waals surface area contributed by atoms with Gasteiger partial charge in [-0.3, -0.25) is 0 Å². The molecular formula is C14H14O2. The van der Waals surface area contributed by atoms with E-state index in [1.54, 1.807) is 13.0 Å². The number of phenolic OH excluding ortho intramolecular Hbond substituents is 1. The second kappa shape index (κ2) is 4.37. The van der Waals surface area contributed by atoms with E-state index in [9.17, 15) is 10.2 Å². The van der Waals surface area contributed by atoms with Gasteiger partial charge in [0.15, 0.2) is 0 Å². The van der Waals surface area contributed by atoms with E-state index in [0.717, 1.165) is 11.1 Å². The molecule has 2 N–H and O–H groups in total. The van der Waals surface area contributed by atoms with E-state index in [1.165, 1.54) is 0 Å². The zero-order valence-corrected chi connectivity index (χ0v) is 9.09. The summed E-state index contributed by atoms with van der Waals surface area (Å²) in [6.45, 7) is 1.64. The maximum Gasteiger partial charge on any atom is 0.121 e. The molecule has 82 valence electrons. The number of aliphatic hydroxyl groups excluding tert-OH is 1. The minimum atomic E-state index is -0.663. The van der Waals surface area contributed by atoms with Crippen LogP contribution in [0.5, 0.6) is 5.75 Å². The monoisotopic (exact) mass is 214 g/mol. The van der Waals surface area contributed by atoms with Gasteiger partial charge in [-0.2, -0.15) is 0 Å². The van der Waals surface area contributed by atoms with Crippen LogP contribution in [-0.4, -0.2) is 10.2 Å². The van der Waals surface area contributed by atoms with Crippen LogP contribution in [0.1, 0.15) is 18.6 Å². The molecule has 0 saturated heterocycles. The van der Waals surface area contributed by atoms with Crippen molar-refractivity contribution in [3.8, 4) is 16.9 Å². The van der Waals surface area contributed by atoms with Crippen molar-refractivity contribution in [2.24, 2.45) is 0 Å². The Morgan fingerprint density at radius 2 is 1.62 bits per heavy atom. The van der Waals surface area contributed by atoms with Crippen LogP contribution in [-0.2, 0) is 0 Å². The predicted octanol–water partition coefficient (Wildman–Crippen LogP) is 3.11. The summed E-state index contributed by atoms with van der Waals surface area (Å²) >= 11 is 0. The van der Waals surface area contributed by atoms with Gasteiger partial charge in [-0.15, -0.1) is 0 Å². The van der Waals surface area contributed by atoms with Gasteiger partial charge in [0.2, 0.25) is 0 Å². The maximum atomic E-state index is 9.59. The quantitative estimate of drug-likeness (QED) is 0.806. The van der Waals surface area contributed by atoms with Gasteiger partial charge in [-0.05, 0) is 30.2 Å². The van der Waals surface area contributed by atoms with E-state index in [1.807, 2.05) is 42.5 Å². The molecule has 0 saturated carbocycles. The van der Waals surface area contributed by atoms with E-state index < -0.39 is 6.10 Å². The minimum absolute atomic E-state index is 0.134. The van der Waals surface area contributed by atoms with E-state index in [4.69, 9.17) is 0 Å². The van der Waals surface area contributed by atoms with Crippen LogP contribution in [0.2, 0.25) is 0 Å². The second-order valence-electron chi connectivity index (χ2n) is 3.82. The molecule has 0 radical (unpaired) electrons. The highest BCUT2D eigenvalue weighted by Gasteiger charge is 2.08. The number of aromatic hydroxyl groups is 1. The first-order valence-corrected chi connectivity index (χ1v) is 5.25. The number of phenols is 1. The molecule has 0 spiro atoms. The van der Waals surface area contributed by atoms with Crippen LogP contribution in [0, 0.1) is 0 Å². The second-order valence-corrected chi connectivity index (χ2v) is 3.82. The molecular weight excluding hydrogens is 200 g/mol. The number of benzene rings is 2. The van der Waals surface area contributed by atoms with Crippen molar-refractivity contribution in [3.63, 3.8) is 0 Å². The SMILES string of the molecule is CC(O)c1cc(-c2ccccc2)ccc1O. The number of aliphatic hydroxyl groups is 1. The van der Waals surface area contributed by atoms with Gasteiger partial charge in [0.05, 0.1) is 6.10 Å². The number of hydrogen-bond acceptors (Lipinski definition) is 2. The van der Waals surface area contributed by atoms with E-state index in [-0.39, 0.29) is 5.75 Å². The normalized spacial score (nSPS) is 12.4. The Labute approximate surface area is 94.8 Å². The third-order valence-corrected chi connectivity index (χ3v) is 2.58. The molecule has 0 aliphatic rings. The summed E-state index contributed by atoms with van der Waals surface area (Å²) in [5.74, 6) is 0.134. The predicted molar refractivity (Wildman–Crippen MR) is 64.2 cm³/mol. The van der Waals surface area contributed by atoms with Crippen LogP contribution in [0.25, 0.3) is 11.1 Å². The first-order chi connectivity index (χ1) is 7.68. The first kappa shape index (κ1) is 10.7. The maximum absolute atomic E-state index is 9.59. The lowest BCUT2D eigenvalue weighted by molar-refractivity contribution is 0.195. The zero-order chi connectivity index (χ0) is 11.5. The van der Waals surface area contributed by atoms with Crippen molar-refractivity contribution in [1.29, 1.82) is 0 Å². The third-order valence-electron chi connectivity index (χ3n) is 2.58. The average molecular weight is 214 g/mol. The van der Waals surface area contributed by atoms with Gasteiger partial charge >= 0.3 is 0 Å². The summed E-state index contributed by atoms with van der Waals surface area (Å²) in [7, 11) is 0. The topological polar surface area (TPSA) is 40.5 Å². The molecule has 2 heteroatoms. The Morgan fingerprint density at radius 3 is 2.25 bits per heavy atom. The van der Waals surface area contributed by atoms with E-state index >= 15 is 0 Å². The Morgan fingerprint density at radius 1 is 0.938 bits per heavy atom. The summed E-state index contributed by atoms with van der Waals surface area (Å²) in [6.07, 6.45) is -0.663. The highest BCUT2D eigenvalue weighted by atomic mass is 16.3. The average Bonchev–Trinajstić information content (AvgIpc) is 2.30. The molecule has 16 heavy (non-hydrogen) atoms. The van der Waals surface area contributed by atoms with Crippen molar-refractivity contribution < 1.29 is 10.2 Å². The van der Waals surface area contributed by atoms with Gasteiger partial charge in [0.25, 0.3) is 0 Å². The summed E-state index contributed by atoms with van der Waals surface area (Å²) in [4.78, 5) is 0. The van der Waals surface area contributed by atoms with Crippen molar-refractivity contribution in [3.05, 3.63) is 54.1 Å². The van der Waals surface area contributed by atoms with Gasteiger partial charge in [0.1, 0.15) is 5.75 Å². The van der Waals surface area contributed by atoms with Crippen molar-refractivity contribution in [1.82, 2.24) is 0 Å². The van der Waals surface area contributed by atoms with Crippen LogP contribution in [0.4, 0.5) is 0 Å². The first-order valence-electron chi connectivity index (χ1n) is 5.25. The Hall–Kier alpha value is -1.80. The van der Waals surface area contributed by atoms with E-state index in [2.05, 4.69) is 0 Å². The van der Waals surface area contributed by atoms with Gasteiger partial charge < -0.3 is 10.2 Å². The highest BCUT2D eigenvalue weighted by molar-refractivity contribution is 5.65. The van der Waals surface area contributed by atoms with Crippen molar-refractivity contribution in [2.45, 2.75) is 13.0 Å². The molecule has 0 aliphatic heterocycles. The van der Waals surface area contributed by atoms with Gasteiger partial charge in [-0.1, -0.05) is 36.4 Å². The fourth-order valence-electron chi connectivity index (χ4n) is 1.70. The Bertz CT molecular complexity index is 475.